The van der Waals surface area contributed by atoms with Crippen LogP contribution in [0, 0.1) is 0 Å². The van der Waals surface area contributed by atoms with Crippen molar-refractivity contribution in [2.24, 2.45) is 0 Å². The quantitative estimate of drug-likeness (QED) is 0.162. The summed E-state index contributed by atoms with van der Waals surface area (Å²) in [6, 6.07) is 76.3. The Morgan fingerprint density at radius 1 is 0.316 bits per heavy atom. The van der Waals surface area contributed by atoms with E-state index in [1.54, 1.807) is 0 Å². The summed E-state index contributed by atoms with van der Waals surface area (Å²) < 4.78 is 9.02. The predicted octanol–water partition coefficient (Wildman–Crippen LogP) is 16.1. The van der Waals surface area contributed by atoms with Crippen LogP contribution in [0.3, 0.4) is 0 Å². The summed E-state index contributed by atoms with van der Waals surface area (Å²) in [6.07, 6.45) is 0. The average molecular weight is 746 g/mol. The van der Waals surface area contributed by atoms with Crippen molar-refractivity contribution in [1.29, 1.82) is 0 Å². The fraction of sp³-hybridized carbons (Fsp3) is 0. The van der Waals surface area contributed by atoms with Gasteiger partial charge >= 0.3 is 0 Å². The number of benzene rings is 9. The minimum absolute atomic E-state index is 0.895. The van der Waals surface area contributed by atoms with Gasteiger partial charge in [0.1, 0.15) is 11.2 Å². The molecule has 0 saturated carbocycles. The molecule has 2 nitrogen and oxygen atoms in total. The maximum absolute atomic E-state index is 6.39. The predicted molar refractivity (Wildman–Crippen MR) is 243 cm³/mol. The van der Waals surface area contributed by atoms with Gasteiger partial charge in [0.2, 0.25) is 0 Å². The summed E-state index contributed by atoms with van der Waals surface area (Å²) in [5, 5.41) is 4.87. The molecule has 2 aromatic heterocycles. The van der Waals surface area contributed by atoms with E-state index in [2.05, 4.69) is 217 Å². The first-order valence-electron chi connectivity index (χ1n) is 19.3. The smallest absolute Gasteiger partial charge is 0.135 e. The molecule has 0 spiro atoms. The highest BCUT2D eigenvalue weighted by Crippen LogP contribution is 2.42. The normalized spacial score (nSPS) is 11.5. The average Bonchev–Trinajstić information content (AvgIpc) is 3.86. The molecule has 57 heavy (non-hydrogen) atoms. The van der Waals surface area contributed by atoms with Crippen molar-refractivity contribution >= 4 is 70.5 Å². The molecule has 0 N–H and O–H groups in total. The zero-order valence-corrected chi connectivity index (χ0v) is 31.8. The molecule has 0 aliphatic rings. The van der Waals surface area contributed by atoms with E-state index in [0.717, 1.165) is 50.1 Å². The lowest BCUT2D eigenvalue weighted by atomic mass is 9.99. The molecule has 0 radical (unpaired) electrons. The van der Waals surface area contributed by atoms with Crippen LogP contribution in [0.4, 0.5) is 17.1 Å². The molecular weight excluding hydrogens is 711 g/mol. The number of fused-ring (bicyclic) bond motifs is 6. The Hall–Kier alpha value is -7.20. The van der Waals surface area contributed by atoms with Gasteiger partial charge in [-0.25, -0.2) is 0 Å². The van der Waals surface area contributed by atoms with Gasteiger partial charge in [0.15, 0.2) is 0 Å². The van der Waals surface area contributed by atoms with Crippen LogP contribution in [0.1, 0.15) is 0 Å². The van der Waals surface area contributed by atoms with Crippen molar-refractivity contribution in [1.82, 2.24) is 0 Å². The molecule has 0 saturated heterocycles. The molecule has 0 amide bonds. The van der Waals surface area contributed by atoms with Crippen molar-refractivity contribution in [2.75, 3.05) is 4.90 Å². The zero-order valence-electron chi connectivity index (χ0n) is 31.0. The summed E-state index contributed by atoms with van der Waals surface area (Å²) in [6.45, 7) is 0. The van der Waals surface area contributed by atoms with E-state index in [-0.39, 0.29) is 0 Å². The number of rotatable bonds is 7. The van der Waals surface area contributed by atoms with Crippen LogP contribution < -0.4 is 4.90 Å². The van der Waals surface area contributed by atoms with Gasteiger partial charge in [-0.05, 0) is 111 Å². The third-order valence-corrected chi connectivity index (χ3v) is 12.3. The largest absolute Gasteiger partial charge is 0.456 e. The fourth-order valence-electron chi connectivity index (χ4n) is 8.22. The molecule has 11 aromatic rings. The standard InChI is InChI=1S/C54H35NOS/c1-3-10-36(11-4-1)38-18-26-43(27-19-38)55(44-28-20-39(21-29-44)37-12-5-2-6-13-37)45-30-22-40(23-31-45)41-24-32-51-49(34-41)50-35-42(25-33-52(50)56-51)46-15-9-16-48-47-14-7-8-17-53(47)57-54(46)48/h1-35H. The van der Waals surface area contributed by atoms with Gasteiger partial charge in [-0.15, -0.1) is 11.3 Å². The summed E-state index contributed by atoms with van der Waals surface area (Å²) >= 11 is 1.87. The van der Waals surface area contributed by atoms with Crippen molar-refractivity contribution in [3.63, 3.8) is 0 Å². The van der Waals surface area contributed by atoms with E-state index in [4.69, 9.17) is 4.42 Å². The minimum atomic E-state index is 0.895. The van der Waals surface area contributed by atoms with E-state index in [9.17, 15) is 0 Å². The van der Waals surface area contributed by atoms with E-state index < -0.39 is 0 Å². The molecule has 2 heterocycles. The summed E-state index contributed by atoms with van der Waals surface area (Å²) in [5.74, 6) is 0. The molecule has 11 rings (SSSR count). The summed E-state index contributed by atoms with van der Waals surface area (Å²) in [4.78, 5) is 2.33. The van der Waals surface area contributed by atoms with Crippen molar-refractivity contribution in [3.05, 3.63) is 212 Å². The lowest BCUT2D eigenvalue weighted by molar-refractivity contribution is 0.669. The van der Waals surface area contributed by atoms with E-state index >= 15 is 0 Å². The third-order valence-electron chi connectivity index (χ3n) is 11.1. The summed E-state index contributed by atoms with van der Waals surface area (Å²) in [7, 11) is 0. The number of anilines is 3. The molecule has 0 unspecified atom stereocenters. The Morgan fingerprint density at radius 3 is 1.33 bits per heavy atom. The second-order valence-electron chi connectivity index (χ2n) is 14.5. The number of hydrogen-bond acceptors (Lipinski definition) is 3. The molecule has 9 aromatic carbocycles. The van der Waals surface area contributed by atoms with Crippen LogP contribution in [-0.2, 0) is 0 Å². The van der Waals surface area contributed by atoms with Gasteiger partial charge in [0.25, 0.3) is 0 Å². The van der Waals surface area contributed by atoms with Crippen molar-refractivity contribution in [2.45, 2.75) is 0 Å². The van der Waals surface area contributed by atoms with E-state index in [0.29, 0.717) is 0 Å². The SMILES string of the molecule is c1ccc(-c2ccc(N(c3ccc(-c4ccccc4)cc3)c3ccc(-c4ccc5oc6ccc(-c7cccc8c7sc7ccccc78)cc6c5c4)cc3)cc2)cc1. The van der Waals surface area contributed by atoms with Crippen LogP contribution in [0.2, 0.25) is 0 Å². The Morgan fingerprint density at radius 2 is 0.754 bits per heavy atom. The lowest BCUT2D eigenvalue weighted by Crippen LogP contribution is -2.09. The van der Waals surface area contributed by atoms with Crippen molar-refractivity contribution < 1.29 is 4.42 Å². The van der Waals surface area contributed by atoms with Gasteiger partial charge in [-0.3, -0.25) is 0 Å². The maximum atomic E-state index is 6.39. The molecular formula is C54H35NOS. The van der Waals surface area contributed by atoms with Crippen LogP contribution in [0.25, 0.3) is 86.6 Å². The van der Waals surface area contributed by atoms with Gasteiger partial charge in [0.05, 0.1) is 0 Å². The monoisotopic (exact) mass is 745 g/mol. The van der Waals surface area contributed by atoms with E-state index in [1.165, 1.54) is 53.6 Å². The first kappa shape index (κ1) is 33.2. The molecule has 0 bridgehead atoms. The third kappa shape index (κ3) is 5.97. The first-order valence-corrected chi connectivity index (χ1v) is 20.1. The van der Waals surface area contributed by atoms with Crippen molar-refractivity contribution in [3.8, 4) is 44.5 Å². The molecule has 0 fully saturated rings. The Bertz CT molecular complexity index is 3110. The van der Waals surface area contributed by atoms with Gasteiger partial charge in [-0.2, -0.15) is 0 Å². The minimum Gasteiger partial charge on any atom is -0.456 e. The van der Waals surface area contributed by atoms with Crippen LogP contribution in [0.15, 0.2) is 217 Å². The summed E-state index contributed by atoms with van der Waals surface area (Å²) in [5.41, 5.74) is 14.7. The molecule has 0 aliphatic carbocycles. The number of furan rings is 1. The second kappa shape index (κ2) is 13.8. The highest BCUT2D eigenvalue weighted by atomic mass is 32.1. The zero-order chi connectivity index (χ0) is 37.7. The highest BCUT2D eigenvalue weighted by Gasteiger charge is 2.16. The van der Waals surface area contributed by atoms with Gasteiger partial charge in [0, 0.05) is 48.0 Å². The van der Waals surface area contributed by atoms with Crippen LogP contribution >= 0.6 is 11.3 Å². The number of nitrogens with zero attached hydrogens (tertiary/aromatic N) is 1. The van der Waals surface area contributed by atoms with E-state index in [1.807, 2.05) is 11.3 Å². The topological polar surface area (TPSA) is 16.4 Å². The lowest BCUT2D eigenvalue weighted by Gasteiger charge is -2.26. The first-order chi connectivity index (χ1) is 28.2. The number of thiophene rings is 1. The van der Waals surface area contributed by atoms with Gasteiger partial charge in [-0.1, -0.05) is 146 Å². The number of hydrogen-bond donors (Lipinski definition) is 0. The van der Waals surface area contributed by atoms with Gasteiger partial charge < -0.3 is 9.32 Å². The Balaban J connectivity index is 0.957. The highest BCUT2D eigenvalue weighted by molar-refractivity contribution is 7.26. The second-order valence-corrected chi connectivity index (χ2v) is 15.6. The van der Waals surface area contributed by atoms with Crippen LogP contribution in [0.5, 0.6) is 0 Å². The van der Waals surface area contributed by atoms with Crippen LogP contribution in [-0.4, -0.2) is 0 Å². The maximum Gasteiger partial charge on any atom is 0.135 e. The molecule has 268 valence electrons. The molecule has 0 aliphatic heterocycles. The Labute approximate surface area is 335 Å². The fourth-order valence-corrected chi connectivity index (χ4v) is 9.45. The molecule has 3 heteroatoms. The Kier molecular flexibility index (Phi) is 8.04. The molecule has 0 atom stereocenters.